The average molecular weight is 313 g/mol. The van der Waals surface area contributed by atoms with E-state index in [9.17, 15) is 4.79 Å². The first-order valence-electron chi connectivity index (χ1n) is 7.75. The number of rotatable bonds is 4. The fourth-order valence-corrected chi connectivity index (χ4v) is 2.89. The number of hydrogen-bond acceptors (Lipinski definition) is 2. The van der Waals surface area contributed by atoms with Gasteiger partial charge in [0, 0.05) is 11.1 Å². The van der Waals surface area contributed by atoms with E-state index >= 15 is 0 Å². The Kier molecular flexibility index (Phi) is 3.60. The summed E-state index contributed by atoms with van der Waals surface area (Å²) in [6.45, 7) is 0. The highest BCUT2D eigenvalue weighted by atomic mass is 16.5. The second kappa shape index (κ2) is 6.05. The predicted molar refractivity (Wildman–Crippen MR) is 95.2 cm³/mol. The maximum atomic E-state index is 11.8. The van der Waals surface area contributed by atoms with Crippen molar-refractivity contribution in [1.82, 2.24) is 4.57 Å². The third-order valence-corrected chi connectivity index (χ3v) is 3.96. The molecule has 116 valence electrons. The summed E-state index contributed by atoms with van der Waals surface area (Å²) in [6.07, 6.45) is 0.861. The van der Waals surface area contributed by atoms with Crippen LogP contribution in [0.15, 0.2) is 84.9 Å². The first-order valence-corrected chi connectivity index (χ1v) is 7.75. The number of para-hydroxylation sites is 3. The quantitative estimate of drug-likeness (QED) is 0.483. The van der Waals surface area contributed by atoms with Gasteiger partial charge in [0.2, 0.25) is 5.88 Å². The Morgan fingerprint density at radius 1 is 0.750 bits per heavy atom. The number of ether oxygens (including phenoxy) is 1. The van der Waals surface area contributed by atoms with Crippen LogP contribution in [0.2, 0.25) is 0 Å². The van der Waals surface area contributed by atoms with E-state index < -0.39 is 0 Å². The molecule has 0 aliphatic heterocycles. The topological polar surface area (TPSA) is 31.2 Å². The van der Waals surface area contributed by atoms with Crippen LogP contribution in [-0.2, 0) is 0 Å². The zero-order valence-corrected chi connectivity index (χ0v) is 12.9. The Balaban J connectivity index is 2.01. The SMILES string of the molecule is O=Cc1c(Oc2ccccc2)n(-c2ccccc2)c2ccccc12. The summed E-state index contributed by atoms with van der Waals surface area (Å²) >= 11 is 0. The lowest BCUT2D eigenvalue weighted by atomic mass is 10.2. The zero-order valence-electron chi connectivity index (χ0n) is 12.9. The minimum atomic E-state index is 0.531. The van der Waals surface area contributed by atoms with Crippen LogP contribution < -0.4 is 4.74 Å². The van der Waals surface area contributed by atoms with Crippen LogP contribution in [0.5, 0.6) is 11.6 Å². The Labute approximate surface area is 139 Å². The van der Waals surface area contributed by atoms with Crippen molar-refractivity contribution in [2.45, 2.75) is 0 Å². The monoisotopic (exact) mass is 313 g/mol. The molecular weight excluding hydrogens is 298 g/mol. The van der Waals surface area contributed by atoms with E-state index in [4.69, 9.17) is 4.74 Å². The molecule has 0 atom stereocenters. The van der Waals surface area contributed by atoms with Gasteiger partial charge in [-0.15, -0.1) is 0 Å². The van der Waals surface area contributed by atoms with E-state index in [1.807, 2.05) is 89.5 Å². The molecule has 0 spiro atoms. The van der Waals surface area contributed by atoms with Crippen LogP contribution in [-0.4, -0.2) is 10.9 Å². The number of carbonyl (C=O) groups excluding carboxylic acids is 1. The summed E-state index contributed by atoms with van der Waals surface area (Å²) < 4.78 is 8.08. The molecule has 3 nitrogen and oxygen atoms in total. The molecular formula is C21H15NO2. The van der Waals surface area contributed by atoms with Gasteiger partial charge < -0.3 is 4.74 Å². The number of aromatic nitrogens is 1. The minimum absolute atomic E-state index is 0.531. The van der Waals surface area contributed by atoms with E-state index in [1.54, 1.807) is 0 Å². The maximum Gasteiger partial charge on any atom is 0.216 e. The van der Waals surface area contributed by atoms with Gasteiger partial charge in [-0.2, -0.15) is 0 Å². The summed E-state index contributed by atoms with van der Waals surface area (Å²) in [5.74, 6) is 1.23. The van der Waals surface area contributed by atoms with Gasteiger partial charge in [-0.25, -0.2) is 0 Å². The number of benzene rings is 3. The number of nitrogens with zero attached hydrogens (tertiary/aromatic N) is 1. The molecule has 0 aliphatic carbocycles. The normalized spacial score (nSPS) is 10.7. The molecule has 0 aliphatic rings. The maximum absolute atomic E-state index is 11.8. The fraction of sp³-hybridized carbons (Fsp3) is 0. The molecule has 0 bridgehead atoms. The van der Waals surface area contributed by atoms with Crippen LogP contribution in [0.4, 0.5) is 0 Å². The summed E-state index contributed by atoms with van der Waals surface area (Å²) in [5.41, 5.74) is 2.45. The zero-order chi connectivity index (χ0) is 16.4. The van der Waals surface area contributed by atoms with Crippen molar-refractivity contribution >= 4 is 17.2 Å². The standard InChI is InChI=1S/C21H15NO2/c23-15-19-18-13-7-8-14-20(18)22(16-9-3-1-4-10-16)21(19)24-17-11-5-2-6-12-17/h1-15H. The second-order valence-electron chi connectivity index (χ2n) is 5.44. The molecule has 0 saturated carbocycles. The first kappa shape index (κ1) is 14.3. The minimum Gasteiger partial charge on any atom is -0.440 e. The van der Waals surface area contributed by atoms with E-state index in [-0.39, 0.29) is 0 Å². The molecule has 24 heavy (non-hydrogen) atoms. The smallest absolute Gasteiger partial charge is 0.216 e. The molecule has 0 saturated heterocycles. The second-order valence-corrected chi connectivity index (χ2v) is 5.44. The third kappa shape index (κ3) is 2.36. The molecule has 0 amide bonds. The van der Waals surface area contributed by atoms with E-state index in [0.717, 1.165) is 22.9 Å². The summed E-state index contributed by atoms with van der Waals surface area (Å²) in [5, 5.41) is 0.877. The highest BCUT2D eigenvalue weighted by molar-refractivity contribution is 6.02. The van der Waals surface area contributed by atoms with Crippen molar-refractivity contribution in [3.63, 3.8) is 0 Å². The summed E-state index contributed by atoms with van der Waals surface area (Å²) in [7, 11) is 0. The Morgan fingerprint density at radius 3 is 2.08 bits per heavy atom. The molecule has 4 aromatic rings. The third-order valence-electron chi connectivity index (χ3n) is 3.96. The van der Waals surface area contributed by atoms with Crippen LogP contribution in [0, 0.1) is 0 Å². The molecule has 3 heteroatoms. The van der Waals surface area contributed by atoms with E-state index in [1.165, 1.54) is 0 Å². The van der Waals surface area contributed by atoms with Gasteiger partial charge in [0.15, 0.2) is 6.29 Å². The van der Waals surface area contributed by atoms with Gasteiger partial charge in [-0.05, 0) is 30.3 Å². The Bertz CT molecular complexity index is 988. The highest BCUT2D eigenvalue weighted by Gasteiger charge is 2.19. The van der Waals surface area contributed by atoms with Gasteiger partial charge in [-0.3, -0.25) is 9.36 Å². The Hall–Kier alpha value is -3.33. The van der Waals surface area contributed by atoms with Crippen LogP contribution >= 0.6 is 0 Å². The lowest BCUT2D eigenvalue weighted by Crippen LogP contribution is -1.98. The van der Waals surface area contributed by atoms with Gasteiger partial charge in [0.1, 0.15) is 5.75 Å². The molecule has 0 unspecified atom stereocenters. The van der Waals surface area contributed by atoms with Crippen molar-refractivity contribution in [1.29, 1.82) is 0 Å². The number of carbonyl (C=O) groups is 1. The fourth-order valence-electron chi connectivity index (χ4n) is 2.89. The van der Waals surface area contributed by atoms with Crippen molar-refractivity contribution in [2.75, 3.05) is 0 Å². The molecule has 1 heterocycles. The molecule has 3 aromatic carbocycles. The predicted octanol–water partition coefficient (Wildman–Crippen LogP) is 5.24. The van der Waals surface area contributed by atoms with Crippen LogP contribution in [0.1, 0.15) is 10.4 Å². The average Bonchev–Trinajstić information content (AvgIpc) is 2.96. The van der Waals surface area contributed by atoms with Gasteiger partial charge in [0.05, 0.1) is 11.1 Å². The van der Waals surface area contributed by atoms with Crippen molar-refractivity contribution in [2.24, 2.45) is 0 Å². The lowest BCUT2D eigenvalue weighted by Gasteiger charge is -2.12. The van der Waals surface area contributed by atoms with E-state index in [0.29, 0.717) is 17.2 Å². The van der Waals surface area contributed by atoms with Crippen LogP contribution in [0.25, 0.3) is 16.6 Å². The lowest BCUT2D eigenvalue weighted by molar-refractivity contribution is 0.112. The number of aldehydes is 1. The van der Waals surface area contributed by atoms with E-state index in [2.05, 4.69) is 0 Å². The van der Waals surface area contributed by atoms with Crippen LogP contribution in [0.3, 0.4) is 0 Å². The largest absolute Gasteiger partial charge is 0.440 e. The van der Waals surface area contributed by atoms with Gasteiger partial charge in [-0.1, -0.05) is 54.6 Å². The van der Waals surface area contributed by atoms with Gasteiger partial charge in [0.25, 0.3) is 0 Å². The summed E-state index contributed by atoms with van der Waals surface area (Å²) in [4.78, 5) is 11.8. The molecule has 0 N–H and O–H groups in total. The highest BCUT2D eigenvalue weighted by Crippen LogP contribution is 2.36. The molecule has 0 fully saturated rings. The van der Waals surface area contributed by atoms with Crippen molar-refractivity contribution in [3.8, 4) is 17.3 Å². The molecule has 1 aromatic heterocycles. The van der Waals surface area contributed by atoms with Crippen molar-refractivity contribution in [3.05, 3.63) is 90.5 Å². The number of fused-ring (bicyclic) bond motifs is 1. The first-order chi connectivity index (χ1) is 11.9. The Morgan fingerprint density at radius 2 is 1.38 bits per heavy atom. The molecule has 4 rings (SSSR count). The molecule has 0 radical (unpaired) electrons. The number of hydrogen-bond donors (Lipinski definition) is 0. The van der Waals surface area contributed by atoms with Crippen molar-refractivity contribution < 1.29 is 9.53 Å². The van der Waals surface area contributed by atoms with Gasteiger partial charge >= 0.3 is 0 Å². The summed E-state index contributed by atoms with van der Waals surface area (Å²) in [6, 6.07) is 27.2.